The van der Waals surface area contributed by atoms with E-state index in [1.807, 2.05) is 30.3 Å². The summed E-state index contributed by atoms with van der Waals surface area (Å²) >= 11 is 7.12. The normalized spacial score (nSPS) is 14.7. The average Bonchev–Trinajstić information content (AvgIpc) is 3.61. The largest absolute Gasteiger partial charge is 0.478 e. The summed E-state index contributed by atoms with van der Waals surface area (Å²) in [5.74, 6) is -1.56. The molecule has 1 aliphatic heterocycles. The molecule has 0 aliphatic carbocycles. The maximum Gasteiger partial charge on any atom is 0.338 e. The topological polar surface area (TPSA) is 111 Å². The minimum absolute atomic E-state index is 0.0668. The van der Waals surface area contributed by atoms with Gasteiger partial charge in [0.05, 0.1) is 39.0 Å². The fourth-order valence-electron chi connectivity index (χ4n) is 4.96. The molecule has 1 unspecified atom stereocenters. The van der Waals surface area contributed by atoms with Crippen LogP contribution in [0.4, 0.5) is 4.39 Å². The molecule has 0 bridgehead atoms. The van der Waals surface area contributed by atoms with E-state index in [1.165, 1.54) is 41.0 Å². The third-order valence-electron chi connectivity index (χ3n) is 6.94. The van der Waals surface area contributed by atoms with Crippen molar-refractivity contribution >= 4 is 46.6 Å². The molecule has 0 spiro atoms. The Morgan fingerprint density at radius 1 is 1.07 bits per heavy atom. The average molecular weight is 629 g/mol. The summed E-state index contributed by atoms with van der Waals surface area (Å²) in [6.07, 6.45) is 1.55. The van der Waals surface area contributed by atoms with E-state index < -0.39 is 29.4 Å². The van der Waals surface area contributed by atoms with Gasteiger partial charge in [0.25, 0.3) is 5.56 Å². The molecule has 0 saturated heterocycles. The lowest BCUT2D eigenvalue weighted by Gasteiger charge is -2.25. The molecule has 0 saturated carbocycles. The summed E-state index contributed by atoms with van der Waals surface area (Å²) in [4.78, 5) is 44.1. The number of carboxylic acids is 1. The highest BCUT2D eigenvalue weighted by molar-refractivity contribution is 7.07. The maximum atomic E-state index is 14.0. The number of hydrogen-bond donors (Lipinski definition) is 1. The van der Waals surface area contributed by atoms with Crippen molar-refractivity contribution in [3.05, 3.63) is 143 Å². The molecule has 2 aromatic heterocycles. The van der Waals surface area contributed by atoms with Crippen LogP contribution in [-0.4, -0.2) is 28.2 Å². The summed E-state index contributed by atoms with van der Waals surface area (Å²) in [6.45, 7) is 1.79. The molecule has 44 heavy (non-hydrogen) atoms. The van der Waals surface area contributed by atoms with Crippen LogP contribution >= 0.6 is 22.9 Å². The minimum atomic E-state index is -1.17. The Labute approximate surface area is 258 Å². The number of aromatic carboxylic acids is 1. The second-order valence-corrected chi connectivity index (χ2v) is 11.1. The number of thiazole rings is 1. The van der Waals surface area contributed by atoms with Crippen molar-refractivity contribution in [1.82, 2.24) is 4.57 Å². The van der Waals surface area contributed by atoms with Crippen LogP contribution in [0.2, 0.25) is 5.02 Å². The summed E-state index contributed by atoms with van der Waals surface area (Å²) in [6, 6.07) is 21.6. The molecule has 1 N–H and O–H groups in total. The molecule has 1 aliphatic rings. The smallest absolute Gasteiger partial charge is 0.338 e. The highest BCUT2D eigenvalue weighted by Gasteiger charge is 2.35. The van der Waals surface area contributed by atoms with Crippen molar-refractivity contribution in [2.45, 2.75) is 13.0 Å². The Morgan fingerprint density at radius 2 is 1.82 bits per heavy atom. The second-order valence-electron chi connectivity index (χ2n) is 9.68. The van der Waals surface area contributed by atoms with E-state index in [0.29, 0.717) is 38.7 Å². The SMILES string of the molecule is CCOC(=O)C1=C(c2ccccc2)N=c2s/c(=C/c3ccc(-c4ccc(Cl)c(C(=O)O)c4)o3)c(=O)n2C1c1ccc(F)cc1. The molecule has 11 heteroatoms. The van der Waals surface area contributed by atoms with Gasteiger partial charge in [0, 0.05) is 17.2 Å². The molecule has 3 aromatic carbocycles. The van der Waals surface area contributed by atoms with E-state index in [4.69, 9.17) is 25.7 Å². The van der Waals surface area contributed by atoms with Crippen LogP contribution < -0.4 is 14.9 Å². The summed E-state index contributed by atoms with van der Waals surface area (Å²) in [7, 11) is 0. The van der Waals surface area contributed by atoms with Crippen LogP contribution in [0.3, 0.4) is 0 Å². The fraction of sp³-hybridized carbons (Fsp3) is 0.0909. The van der Waals surface area contributed by atoms with Gasteiger partial charge in [-0.1, -0.05) is 65.4 Å². The van der Waals surface area contributed by atoms with Gasteiger partial charge in [-0.15, -0.1) is 0 Å². The zero-order valence-electron chi connectivity index (χ0n) is 23.0. The van der Waals surface area contributed by atoms with Crippen LogP contribution in [0.5, 0.6) is 0 Å². The van der Waals surface area contributed by atoms with Gasteiger partial charge in [-0.3, -0.25) is 9.36 Å². The first-order valence-corrected chi connectivity index (χ1v) is 14.6. The lowest BCUT2D eigenvalue weighted by Crippen LogP contribution is -2.40. The third kappa shape index (κ3) is 5.41. The number of aromatic nitrogens is 1. The van der Waals surface area contributed by atoms with Gasteiger partial charge < -0.3 is 14.3 Å². The van der Waals surface area contributed by atoms with Gasteiger partial charge in [0.1, 0.15) is 17.3 Å². The molecular weight excluding hydrogens is 607 g/mol. The van der Waals surface area contributed by atoms with Crippen LogP contribution in [0.1, 0.15) is 40.2 Å². The molecule has 8 nitrogen and oxygen atoms in total. The number of hydrogen-bond acceptors (Lipinski definition) is 7. The molecule has 6 rings (SSSR count). The number of fused-ring (bicyclic) bond motifs is 1. The molecule has 0 fully saturated rings. The van der Waals surface area contributed by atoms with Gasteiger partial charge >= 0.3 is 11.9 Å². The highest BCUT2D eigenvalue weighted by Crippen LogP contribution is 2.35. The summed E-state index contributed by atoms with van der Waals surface area (Å²) < 4.78 is 27.0. The molecule has 5 aromatic rings. The predicted molar refractivity (Wildman–Crippen MR) is 164 cm³/mol. The van der Waals surface area contributed by atoms with Crippen LogP contribution in [0.15, 0.2) is 105 Å². The Balaban J connectivity index is 1.53. The van der Waals surface area contributed by atoms with Gasteiger partial charge in [-0.05, 0) is 55.0 Å². The first-order chi connectivity index (χ1) is 21.2. The predicted octanol–water partition coefficient (Wildman–Crippen LogP) is 5.69. The maximum absolute atomic E-state index is 14.0. The summed E-state index contributed by atoms with van der Waals surface area (Å²) in [5, 5.41) is 9.52. The molecule has 3 heterocycles. The van der Waals surface area contributed by atoms with Crippen molar-refractivity contribution < 1.29 is 28.2 Å². The van der Waals surface area contributed by atoms with Crippen molar-refractivity contribution in [2.24, 2.45) is 4.99 Å². The number of carbonyl (C=O) groups is 2. The molecule has 0 amide bonds. The monoisotopic (exact) mass is 628 g/mol. The first kappa shape index (κ1) is 29.0. The van der Waals surface area contributed by atoms with Gasteiger partial charge in [-0.25, -0.2) is 19.0 Å². The summed E-state index contributed by atoms with van der Waals surface area (Å²) in [5.41, 5.74) is 1.65. The Hall–Kier alpha value is -5.06. The number of halogens is 2. The van der Waals surface area contributed by atoms with Crippen molar-refractivity contribution in [2.75, 3.05) is 6.61 Å². The lowest BCUT2D eigenvalue weighted by atomic mass is 9.93. The van der Waals surface area contributed by atoms with E-state index in [-0.39, 0.29) is 27.3 Å². The number of carbonyl (C=O) groups excluding carboxylic acids is 1. The van der Waals surface area contributed by atoms with Crippen molar-refractivity contribution in [1.29, 1.82) is 0 Å². The number of furan rings is 1. The fourth-order valence-corrected chi connectivity index (χ4v) is 6.14. The quantitative estimate of drug-likeness (QED) is 0.232. The Morgan fingerprint density at radius 3 is 2.52 bits per heavy atom. The van der Waals surface area contributed by atoms with Gasteiger partial charge in [0.15, 0.2) is 4.80 Å². The first-order valence-electron chi connectivity index (χ1n) is 13.4. The number of esters is 1. The Kier molecular flexibility index (Phi) is 7.86. The number of benzene rings is 3. The standard InChI is InChI=1S/C33H22ClFN2O6S/c1-2-42-32(41)27-28(18-6-4-3-5-7-18)36-33-37(29(27)19-8-11-21(35)12-9-19)30(38)26(44-33)17-22-13-15-25(43-22)20-10-14-24(34)23(16-20)31(39)40/h3-17,29H,2H2,1H3,(H,39,40)/b26-17+. The van der Waals surface area contributed by atoms with E-state index >= 15 is 0 Å². The second kappa shape index (κ2) is 11.9. The van der Waals surface area contributed by atoms with Crippen LogP contribution in [0, 0.1) is 5.82 Å². The third-order valence-corrected chi connectivity index (χ3v) is 8.25. The van der Waals surface area contributed by atoms with Crippen LogP contribution in [-0.2, 0) is 9.53 Å². The van der Waals surface area contributed by atoms with Crippen molar-refractivity contribution in [3.63, 3.8) is 0 Å². The van der Waals surface area contributed by atoms with E-state index in [1.54, 1.807) is 31.2 Å². The lowest BCUT2D eigenvalue weighted by molar-refractivity contribution is -0.138. The Bertz CT molecular complexity index is 2130. The van der Waals surface area contributed by atoms with Gasteiger partial charge in [-0.2, -0.15) is 0 Å². The van der Waals surface area contributed by atoms with E-state index in [9.17, 15) is 23.9 Å². The molecule has 0 radical (unpaired) electrons. The molecule has 220 valence electrons. The van der Waals surface area contributed by atoms with E-state index in [2.05, 4.69) is 0 Å². The minimum Gasteiger partial charge on any atom is -0.478 e. The molecular formula is C33H22ClFN2O6S. The van der Waals surface area contributed by atoms with Crippen molar-refractivity contribution in [3.8, 4) is 11.3 Å². The number of ether oxygens (including phenoxy) is 1. The number of rotatable bonds is 7. The van der Waals surface area contributed by atoms with Crippen LogP contribution in [0.25, 0.3) is 23.1 Å². The zero-order valence-corrected chi connectivity index (χ0v) is 24.6. The zero-order chi connectivity index (χ0) is 31.0. The van der Waals surface area contributed by atoms with E-state index in [0.717, 1.165) is 11.3 Å². The highest BCUT2D eigenvalue weighted by atomic mass is 35.5. The number of nitrogens with zero attached hydrogens (tertiary/aromatic N) is 2. The molecule has 1 atom stereocenters. The van der Waals surface area contributed by atoms with Gasteiger partial charge in [0.2, 0.25) is 0 Å². The number of carboxylic acid groups (broad SMARTS) is 1.